The monoisotopic (exact) mass is 266 g/mol. The SMILES string of the molecule is CCCNC(=O)NCCc1ccc(SCC)cc1. The number of hydrogen-bond donors (Lipinski definition) is 2. The van der Waals surface area contributed by atoms with Crippen molar-refractivity contribution in [2.75, 3.05) is 18.8 Å². The largest absolute Gasteiger partial charge is 0.338 e. The van der Waals surface area contributed by atoms with Gasteiger partial charge in [0.25, 0.3) is 0 Å². The number of nitrogens with one attached hydrogen (secondary N) is 2. The summed E-state index contributed by atoms with van der Waals surface area (Å²) in [5, 5.41) is 5.64. The van der Waals surface area contributed by atoms with Gasteiger partial charge in [0.1, 0.15) is 0 Å². The lowest BCUT2D eigenvalue weighted by Gasteiger charge is -2.07. The van der Waals surface area contributed by atoms with Crippen LogP contribution in [0.25, 0.3) is 0 Å². The third-order valence-corrected chi connectivity index (χ3v) is 3.36. The standard InChI is InChI=1S/C14H22N2OS/c1-3-10-15-14(17)16-11-9-12-5-7-13(8-6-12)18-4-2/h5-8H,3-4,9-11H2,1-2H3,(H2,15,16,17). The highest BCUT2D eigenvalue weighted by Crippen LogP contribution is 2.17. The van der Waals surface area contributed by atoms with Crippen LogP contribution in [-0.2, 0) is 6.42 Å². The van der Waals surface area contributed by atoms with Crippen molar-refractivity contribution in [3.8, 4) is 0 Å². The summed E-state index contributed by atoms with van der Waals surface area (Å²) in [5.41, 5.74) is 1.26. The summed E-state index contributed by atoms with van der Waals surface area (Å²) in [4.78, 5) is 12.6. The van der Waals surface area contributed by atoms with Gasteiger partial charge in [-0.1, -0.05) is 26.0 Å². The van der Waals surface area contributed by atoms with Crippen LogP contribution >= 0.6 is 11.8 Å². The molecule has 4 heteroatoms. The van der Waals surface area contributed by atoms with Crippen molar-refractivity contribution in [3.05, 3.63) is 29.8 Å². The Morgan fingerprint density at radius 2 is 1.78 bits per heavy atom. The van der Waals surface area contributed by atoms with Crippen molar-refractivity contribution in [2.24, 2.45) is 0 Å². The van der Waals surface area contributed by atoms with Crippen molar-refractivity contribution < 1.29 is 4.79 Å². The Balaban J connectivity index is 2.24. The molecule has 0 fully saturated rings. The van der Waals surface area contributed by atoms with E-state index in [9.17, 15) is 4.79 Å². The number of urea groups is 1. The van der Waals surface area contributed by atoms with E-state index in [0.29, 0.717) is 6.54 Å². The lowest BCUT2D eigenvalue weighted by Crippen LogP contribution is -2.36. The fraction of sp³-hybridized carbons (Fsp3) is 0.500. The highest BCUT2D eigenvalue weighted by Gasteiger charge is 1.99. The van der Waals surface area contributed by atoms with Crippen LogP contribution in [-0.4, -0.2) is 24.9 Å². The predicted octanol–water partition coefficient (Wildman–Crippen LogP) is 3.05. The van der Waals surface area contributed by atoms with Crippen LogP contribution in [0.5, 0.6) is 0 Å². The van der Waals surface area contributed by atoms with Gasteiger partial charge in [-0.3, -0.25) is 0 Å². The first kappa shape index (κ1) is 14.9. The summed E-state index contributed by atoms with van der Waals surface area (Å²) in [6.45, 7) is 5.60. The van der Waals surface area contributed by atoms with Gasteiger partial charge in [0.15, 0.2) is 0 Å². The Morgan fingerprint density at radius 1 is 1.11 bits per heavy atom. The van der Waals surface area contributed by atoms with Crippen molar-refractivity contribution in [3.63, 3.8) is 0 Å². The van der Waals surface area contributed by atoms with Gasteiger partial charge in [0.2, 0.25) is 0 Å². The van der Waals surface area contributed by atoms with E-state index in [1.807, 2.05) is 18.7 Å². The normalized spacial score (nSPS) is 10.1. The lowest BCUT2D eigenvalue weighted by atomic mass is 10.1. The van der Waals surface area contributed by atoms with Crippen molar-refractivity contribution >= 4 is 17.8 Å². The lowest BCUT2D eigenvalue weighted by molar-refractivity contribution is 0.241. The van der Waals surface area contributed by atoms with Crippen molar-refractivity contribution in [1.29, 1.82) is 0 Å². The molecule has 0 aliphatic carbocycles. The Hall–Kier alpha value is -1.16. The zero-order valence-electron chi connectivity index (χ0n) is 11.2. The topological polar surface area (TPSA) is 41.1 Å². The highest BCUT2D eigenvalue weighted by atomic mass is 32.2. The molecule has 2 N–H and O–H groups in total. The molecule has 0 saturated carbocycles. The number of carbonyl (C=O) groups is 1. The fourth-order valence-corrected chi connectivity index (χ4v) is 2.20. The first-order valence-electron chi connectivity index (χ1n) is 6.49. The molecule has 0 unspecified atom stereocenters. The minimum absolute atomic E-state index is 0.0741. The van der Waals surface area contributed by atoms with Gasteiger partial charge < -0.3 is 10.6 Å². The van der Waals surface area contributed by atoms with E-state index in [-0.39, 0.29) is 6.03 Å². The quantitative estimate of drug-likeness (QED) is 0.745. The van der Waals surface area contributed by atoms with Crippen molar-refractivity contribution in [1.82, 2.24) is 10.6 Å². The average molecular weight is 266 g/mol. The van der Waals surface area contributed by atoms with Gasteiger partial charge in [-0.15, -0.1) is 11.8 Å². The second kappa shape index (κ2) is 8.86. The summed E-state index contributed by atoms with van der Waals surface area (Å²) in [6.07, 6.45) is 1.83. The minimum Gasteiger partial charge on any atom is -0.338 e. The molecule has 1 aromatic carbocycles. The number of hydrogen-bond acceptors (Lipinski definition) is 2. The number of carbonyl (C=O) groups excluding carboxylic acids is 1. The van der Waals surface area contributed by atoms with Gasteiger partial charge in [-0.2, -0.15) is 0 Å². The van der Waals surface area contributed by atoms with Gasteiger partial charge in [-0.05, 0) is 36.3 Å². The molecule has 100 valence electrons. The molecule has 0 spiro atoms. The Labute approximate surface area is 114 Å². The van der Waals surface area contributed by atoms with E-state index in [0.717, 1.165) is 25.1 Å². The second-order valence-electron chi connectivity index (χ2n) is 4.01. The molecule has 1 aromatic rings. The first-order chi connectivity index (χ1) is 8.76. The Kier molecular flexibility index (Phi) is 7.34. The molecule has 0 heterocycles. The third-order valence-electron chi connectivity index (χ3n) is 2.47. The molecule has 18 heavy (non-hydrogen) atoms. The van der Waals surface area contributed by atoms with E-state index in [2.05, 4.69) is 41.8 Å². The van der Waals surface area contributed by atoms with Crippen LogP contribution in [0.2, 0.25) is 0 Å². The van der Waals surface area contributed by atoms with E-state index >= 15 is 0 Å². The predicted molar refractivity (Wildman–Crippen MR) is 78.2 cm³/mol. The average Bonchev–Trinajstić information content (AvgIpc) is 2.39. The summed E-state index contributed by atoms with van der Waals surface area (Å²) in [5.74, 6) is 1.10. The van der Waals surface area contributed by atoms with E-state index in [1.54, 1.807) is 0 Å². The molecule has 0 radical (unpaired) electrons. The third kappa shape index (κ3) is 5.96. The fourth-order valence-electron chi connectivity index (χ4n) is 1.54. The van der Waals surface area contributed by atoms with Crippen LogP contribution in [0.15, 0.2) is 29.2 Å². The Bertz CT molecular complexity index is 351. The van der Waals surface area contributed by atoms with Crippen LogP contribution in [0, 0.1) is 0 Å². The summed E-state index contributed by atoms with van der Waals surface area (Å²) in [7, 11) is 0. The molecule has 2 amide bonds. The summed E-state index contributed by atoms with van der Waals surface area (Å²) in [6, 6.07) is 8.46. The van der Waals surface area contributed by atoms with Gasteiger partial charge in [-0.25, -0.2) is 4.79 Å². The molecule has 0 aliphatic heterocycles. The highest BCUT2D eigenvalue weighted by molar-refractivity contribution is 7.99. The molecule has 0 bridgehead atoms. The molecule has 0 atom stereocenters. The first-order valence-corrected chi connectivity index (χ1v) is 7.48. The molecule has 0 aliphatic rings. The van der Waals surface area contributed by atoms with Crippen LogP contribution < -0.4 is 10.6 Å². The number of benzene rings is 1. The molecule has 3 nitrogen and oxygen atoms in total. The number of thioether (sulfide) groups is 1. The molecule has 0 aromatic heterocycles. The van der Waals surface area contributed by atoms with Gasteiger partial charge in [0, 0.05) is 18.0 Å². The maximum absolute atomic E-state index is 11.3. The molecule has 1 rings (SSSR count). The Morgan fingerprint density at radius 3 is 2.39 bits per heavy atom. The van der Waals surface area contributed by atoms with Gasteiger partial charge in [0.05, 0.1) is 0 Å². The molecule has 0 saturated heterocycles. The number of amides is 2. The summed E-state index contributed by atoms with van der Waals surface area (Å²) >= 11 is 1.84. The van der Waals surface area contributed by atoms with Gasteiger partial charge >= 0.3 is 6.03 Å². The van der Waals surface area contributed by atoms with Crippen LogP contribution in [0.1, 0.15) is 25.8 Å². The molecular weight excluding hydrogens is 244 g/mol. The maximum atomic E-state index is 11.3. The number of rotatable bonds is 7. The van der Waals surface area contributed by atoms with E-state index < -0.39 is 0 Å². The molecular formula is C14H22N2OS. The summed E-state index contributed by atoms with van der Waals surface area (Å²) < 4.78 is 0. The van der Waals surface area contributed by atoms with Crippen LogP contribution in [0.3, 0.4) is 0 Å². The smallest absolute Gasteiger partial charge is 0.314 e. The van der Waals surface area contributed by atoms with E-state index in [1.165, 1.54) is 10.5 Å². The maximum Gasteiger partial charge on any atom is 0.314 e. The van der Waals surface area contributed by atoms with Crippen LogP contribution in [0.4, 0.5) is 4.79 Å². The zero-order chi connectivity index (χ0) is 13.2. The minimum atomic E-state index is -0.0741. The zero-order valence-corrected chi connectivity index (χ0v) is 12.0. The second-order valence-corrected chi connectivity index (χ2v) is 5.35. The van der Waals surface area contributed by atoms with Crippen molar-refractivity contribution in [2.45, 2.75) is 31.6 Å². The van der Waals surface area contributed by atoms with E-state index in [4.69, 9.17) is 0 Å².